The van der Waals surface area contributed by atoms with E-state index in [-0.39, 0.29) is 12.3 Å². The normalized spacial score (nSPS) is 12.3. The molecular weight excluding hydrogens is 324 g/mol. The van der Waals surface area contributed by atoms with Crippen LogP contribution in [0.5, 0.6) is 0 Å². The Bertz CT molecular complexity index is 625. The van der Waals surface area contributed by atoms with Crippen molar-refractivity contribution in [1.82, 2.24) is 10.1 Å². The molecule has 5 nitrogen and oxygen atoms in total. The maximum Gasteiger partial charge on any atom is 0.303 e. The van der Waals surface area contributed by atoms with E-state index >= 15 is 0 Å². The molecule has 0 amide bonds. The van der Waals surface area contributed by atoms with E-state index in [4.69, 9.17) is 9.63 Å². The van der Waals surface area contributed by atoms with E-state index in [1.807, 2.05) is 32.0 Å². The largest absolute Gasteiger partial charge is 0.481 e. The molecule has 1 aromatic carbocycles. The molecule has 1 aromatic heterocycles. The fourth-order valence-electron chi connectivity index (χ4n) is 1.99. The van der Waals surface area contributed by atoms with Crippen molar-refractivity contribution in [3.05, 3.63) is 34.1 Å². The van der Waals surface area contributed by atoms with Crippen molar-refractivity contribution in [2.45, 2.75) is 26.7 Å². The molecule has 0 bridgehead atoms. The number of nitrogens with zero attached hydrogens (tertiary/aromatic N) is 2. The number of aliphatic carboxylic acids is 1. The van der Waals surface area contributed by atoms with Gasteiger partial charge in [0.05, 0.1) is 0 Å². The van der Waals surface area contributed by atoms with E-state index in [9.17, 15) is 4.79 Å². The van der Waals surface area contributed by atoms with Crippen LogP contribution in [-0.2, 0) is 11.2 Å². The molecule has 1 unspecified atom stereocenters. The third-order valence-corrected chi connectivity index (χ3v) is 3.44. The lowest BCUT2D eigenvalue weighted by Crippen LogP contribution is -2.07. The average molecular weight is 339 g/mol. The molecule has 6 heteroatoms. The summed E-state index contributed by atoms with van der Waals surface area (Å²) in [5, 5.41) is 12.7. The van der Waals surface area contributed by atoms with Gasteiger partial charge < -0.3 is 9.63 Å². The van der Waals surface area contributed by atoms with E-state index in [0.29, 0.717) is 18.1 Å². The predicted molar refractivity (Wildman–Crippen MR) is 77.3 cm³/mol. The minimum Gasteiger partial charge on any atom is -0.481 e. The summed E-state index contributed by atoms with van der Waals surface area (Å²) in [6.45, 7) is 3.83. The van der Waals surface area contributed by atoms with E-state index in [0.717, 1.165) is 15.6 Å². The first-order chi connectivity index (χ1) is 9.45. The van der Waals surface area contributed by atoms with Crippen LogP contribution in [-0.4, -0.2) is 21.2 Å². The molecule has 1 heterocycles. The second-order valence-electron chi connectivity index (χ2n) is 4.88. The molecule has 2 rings (SSSR count). The van der Waals surface area contributed by atoms with Gasteiger partial charge in [0.2, 0.25) is 11.7 Å². The first kappa shape index (κ1) is 14.7. The zero-order valence-corrected chi connectivity index (χ0v) is 12.8. The molecule has 1 atom stereocenters. The molecule has 0 aliphatic rings. The van der Waals surface area contributed by atoms with Gasteiger partial charge in [-0.05, 0) is 36.6 Å². The zero-order chi connectivity index (χ0) is 14.7. The lowest BCUT2D eigenvalue weighted by atomic mass is 10.0. The molecule has 2 aromatic rings. The van der Waals surface area contributed by atoms with Crippen molar-refractivity contribution in [2.24, 2.45) is 5.92 Å². The standard InChI is InChI=1S/C14H15BrN2O3/c1-8(6-13(18)19)5-12-16-14(17-20-12)11-4-3-10(15)7-9(11)2/h3-4,7-8H,5-6H2,1-2H3,(H,18,19). The third-order valence-electron chi connectivity index (χ3n) is 2.94. The Kier molecular flexibility index (Phi) is 4.54. The number of carboxylic acid groups (broad SMARTS) is 1. The Morgan fingerprint density at radius 1 is 1.50 bits per heavy atom. The first-order valence-electron chi connectivity index (χ1n) is 6.26. The summed E-state index contributed by atoms with van der Waals surface area (Å²) in [5.41, 5.74) is 1.96. The second-order valence-corrected chi connectivity index (χ2v) is 5.79. The van der Waals surface area contributed by atoms with Crippen LogP contribution >= 0.6 is 15.9 Å². The van der Waals surface area contributed by atoms with Crippen LogP contribution in [0.4, 0.5) is 0 Å². The van der Waals surface area contributed by atoms with Crippen molar-refractivity contribution in [1.29, 1.82) is 0 Å². The fraction of sp³-hybridized carbons (Fsp3) is 0.357. The van der Waals surface area contributed by atoms with Gasteiger partial charge in [0.15, 0.2) is 0 Å². The summed E-state index contributed by atoms with van der Waals surface area (Å²) in [6, 6.07) is 5.83. The maximum atomic E-state index is 10.6. The summed E-state index contributed by atoms with van der Waals surface area (Å²) in [5.74, 6) is 0.149. The molecule has 0 fully saturated rings. The highest BCUT2D eigenvalue weighted by Gasteiger charge is 2.15. The Labute approximate surface area is 125 Å². The highest BCUT2D eigenvalue weighted by molar-refractivity contribution is 9.10. The molecule has 1 N–H and O–H groups in total. The number of hydrogen-bond donors (Lipinski definition) is 1. The van der Waals surface area contributed by atoms with Crippen LogP contribution in [0, 0.1) is 12.8 Å². The number of hydrogen-bond acceptors (Lipinski definition) is 4. The monoisotopic (exact) mass is 338 g/mol. The van der Waals surface area contributed by atoms with Crippen molar-refractivity contribution >= 4 is 21.9 Å². The van der Waals surface area contributed by atoms with Gasteiger partial charge >= 0.3 is 5.97 Å². The Balaban J connectivity index is 2.14. The number of carboxylic acids is 1. The number of benzene rings is 1. The number of halogens is 1. The zero-order valence-electron chi connectivity index (χ0n) is 11.3. The highest BCUT2D eigenvalue weighted by atomic mass is 79.9. The van der Waals surface area contributed by atoms with Crippen LogP contribution in [0.2, 0.25) is 0 Å². The average Bonchev–Trinajstić information content (AvgIpc) is 2.75. The third kappa shape index (κ3) is 3.66. The van der Waals surface area contributed by atoms with Gasteiger partial charge in [-0.25, -0.2) is 0 Å². The fourth-order valence-corrected chi connectivity index (χ4v) is 2.47. The van der Waals surface area contributed by atoms with E-state index in [2.05, 4.69) is 26.1 Å². The summed E-state index contributed by atoms with van der Waals surface area (Å²) >= 11 is 3.41. The van der Waals surface area contributed by atoms with Crippen LogP contribution in [0.15, 0.2) is 27.2 Å². The van der Waals surface area contributed by atoms with Crippen molar-refractivity contribution in [2.75, 3.05) is 0 Å². The highest BCUT2D eigenvalue weighted by Crippen LogP contribution is 2.24. The van der Waals surface area contributed by atoms with Crippen LogP contribution in [0.3, 0.4) is 0 Å². The number of aromatic nitrogens is 2. The van der Waals surface area contributed by atoms with Gasteiger partial charge in [0.1, 0.15) is 0 Å². The van der Waals surface area contributed by atoms with E-state index in [1.165, 1.54) is 0 Å². The number of rotatable bonds is 5. The Hall–Kier alpha value is -1.69. The first-order valence-corrected chi connectivity index (χ1v) is 7.06. The van der Waals surface area contributed by atoms with Crippen LogP contribution in [0.25, 0.3) is 11.4 Å². The maximum absolute atomic E-state index is 10.6. The summed E-state index contributed by atoms with van der Waals surface area (Å²) in [7, 11) is 0. The van der Waals surface area contributed by atoms with Gasteiger partial charge in [-0.15, -0.1) is 0 Å². The molecular formula is C14H15BrN2O3. The lowest BCUT2D eigenvalue weighted by molar-refractivity contribution is -0.137. The smallest absolute Gasteiger partial charge is 0.303 e. The number of carbonyl (C=O) groups is 1. The van der Waals surface area contributed by atoms with Gasteiger partial charge in [-0.2, -0.15) is 4.98 Å². The molecule has 0 aliphatic heterocycles. The van der Waals surface area contributed by atoms with Gasteiger partial charge in [-0.3, -0.25) is 4.79 Å². The predicted octanol–water partition coefficient (Wildman–Crippen LogP) is 3.46. The van der Waals surface area contributed by atoms with Crippen molar-refractivity contribution in [3.8, 4) is 11.4 Å². The molecule has 0 saturated carbocycles. The van der Waals surface area contributed by atoms with Gasteiger partial charge in [-0.1, -0.05) is 28.0 Å². The van der Waals surface area contributed by atoms with Gasteiger partial charge in [0.25, 0.3) is 0 Å². The summed E-state index contributed by atoms with van der Waals surface area (Å²) in [6.07, 6.45) is 0.559. The Morgan fingerprint density at radius 2 is 2.25 bits per heavy atom. The lowest BCUT2D eigenvalue weighted by Gasteiger charge is -2.03. The minimum atomic E-state index is -0.819. The van der Waals surface area contributed by atoms with Crippen LogP contribution in [0.1, 0.15) is 24.8 Å². The van der Waals surface area contributed by atoms with Crippen LogP contribution < -0.4 is 0 Å². The van der Waals surface area contributed by atoms with E-state index in [1.54, 1.807) is 0 Å². The minimum absolute atomic E-state index is 0.0354. The SMILES string of the molecule is Cc1cc(Br)ccc1-c1noc(CC(C)CC(=O)O)n1. The van der Waals surface area contributed by atoms with Crippen molar-refractivity contribution < 1.29 is 14.4 Å². The Morgan fingerprint density at radius 3 is 2.90 bits per heavy atom. The molecule has 106 valence electrons. The molecule has 0 spiro atoms. The molecule has 0 saturated heterocycles. The molecule has 0 aliphatic carbocycles. The van der Waals surface area contributed by atoms with Crippen molar-refractivity contribution in [3.63, 3.8) is 0 Å². The molecule has 20 heavy (non-hydrogen) atoms. The summed E-state index contributed by atoms with van der Waals surface area (Å²) in [4.78, 5) is 15.0. The topological polar surface area (TPSA) is 76.2 Å². The summed E-state index contributed by atoms with van der Waals surface area (Å²) < 4.78 is 6.19. The number of aryl methyl sites for hydroxylation is 1. The molecule has 0 radical (unpaired) electrons. The quantitative estimate of drug-likeness (QED) is 0.903. The van der Waals surface area contributed by atoms with Gasteiger partial charge in [0, 0.05) is 22.9 Å². The van der Waals surface area contributed by atoms with E-state index < -0.39 is 5.97 Å². The second kappa shape index (κ2) is 6.17.